The Hall–Kier alpha value is -1.99. The van der Waals surface area contributed by atoms with Gasteiger partial charge in [0.25, 0.3) is 5.91 Å². The maximum absolute atomic E-state index is 12.3. The number of primary amides is 1. The maximum Gasteiger partial charge on any atom is 0.250 e. The molecule has 1 fully saturated rings. The summed E-state index contributed by atoms with van der Waals surface area (Å²) in [5.41, 5.74) is 11.7. The fourth-order valence-electron chi connectivity index (χ4n) is 2.68. The molecule has 7 nitrogen and oxygen atoms in total. The molecule has 2 atom stereocenters. The summed E-state index contributed by atoms with van der Waals surface area (Å²) < 4.78 is 10.3. The molecule has 2 amide bonds. The second kappa shape index (κ2) is 8.03. The third kappa shape index (κ3) is 4.27. The van der Waals surface area contributed by atoms with Crippen LogP contribution in [0.25, 0.3) is 0 Å². The van der Waals surface area contributed by atoms with Gasteiger partial charge in [-0.15, -0.1) is 12.4 Å². The van der Waals surface area contributed by atoms with Crippen LogP contribution in [-0.4, -0.2) is 32.1 Å². The third-order valence-electron chi connectivity index (χ3n) is 3.89. The van der Waals surface area contributed by atoms with Crippen molar-refractivity contribution in [2.24, 2.45) is 17.4 Å². The second-order valence-electron chi connectivity index (χ2n) is 5.38. The largest absolute Gasteiger partial charge is 0.493 e. The predicted octanol–water partition coefficient (Wildman–Crippen LogP) is 1.29. The first-order valence-corrected chi connectivity index (χ1v) is 7.08. The number of benzene rings is 1. The Morgan fingerprint density at radius 3 is 2.26 bits per heavy atom. The van der Waals surface area contributed by atoms with Crippen LogP contribution in [0.2, 0.25) is 0 Å². The van der Waals surface area contributed by atoms with E-state index in [2.05, 4.69) is 5.32 Å². The summed E-state index contributed by atoms with van der Waals surface area (Å²) in [4.78, 5) is 23.9. The fourth-order valence-corrected chi connectivity index (χ4v) is 2.68. The molecule has 0 bridgehead atoms. The van der Waals surface area contributed by atoms with Crippen LogP contribution in [0.15, 0.2) is 12.1 Å². The number of nitrogens with two attached hydrogens (primary N) is 2. The highest BCUT2D eigenvalue weighted by atomic mass is 35.5. The molecule has 2 rings (SSSR count). The average Bonchev–Trinajstić information content (AvgIpc) is 2.93. The number of halogens is 1. The topological polar surface area (TPSA) is 117 Å². The molecule has 2 unspecified atom stereocenters. The Morgan fingerprint density at radius 2 is 1.78 bits per heavy atom. The molecule has 0 radical (unpaired) electrons. The van der Waals surface area contributed by atoms with Crippen LogP contribution < -0.4 is 26.3 Å². The number of rotatable bonds is 5. The van der Waals surface area contributed by atoms with Gasteiger partial charge in [0.05, 0.1) is 25.5 Å². The van der Waals surface area contributed by atoms with Crippen molar-refractivity contribution in [2.45, 2.75) is 25.3 Å². The minimum atomic E-state index is -0.653. The molecule has 1 aromatic carbocycles. The highest BCUT2D eigenvalue weighted by Gasteiger charge is 2.28. The molecular formula is C15H22ClN3O4. The molecule has 1 aliphatic rings. The van der Waals surface area contributed by atoms with Crippen molar-refractivity contribution in [3.05, 3.63) is 17.7 Å². The molecule has 0 aliphatic heterocycles. The van der Waals surface area contributed by atoms with Crippen LogP contribution in [0.3, 0.4) is 0 Å². The second-order valence-corrected chi connectivity index (χ2v) is 5.38. The molecular weight excluding hydrogens is 322 g/mol. The summed E-state index contributed by atoms with van der Waals surface area (Å²) in [6, 6.07) is 3.04. The molecule has 8 heteroatoms. The smallest absolute Gasteiger partial charge is 0.250 e. The molecule has 1 aromatic rings. The van der Waals surface area contributed by atoms with E-state index in [4.69, 9.17) is 20.9 Å². The minimum Gasteiger partial charge on any atom is -0.493 e. The van der Waals surface area contributed by atoms with Gasteiger partial charge in [0.2, 0.25) is 5.91 Å². The number of ether oxygens (including phenoxy) is 2. The van der Waals surface area contributed by atoms with E-state index in [1.54, 1.807) is 0 Å². The van der Waals surface area contributed by atoms with Crippen LogP contribution in [0, 0.1) is 5.92 Å². The van der Waals surface area contributed by atoms with Crippen molar-refractivity contribution in [1.29, 1.82) is 0 Å². The Morgan fingerprint density at radius 1 is 1.17 bits per heavy atom. The summed E-state index contributed by atoms with van der Waals surface area (Å²) in [6.07, 6.45) is 2.21. The molecule has 5 N–H and O–H groups in total. The monoisotopic (exact) mass is 343 g/mol. The van der Waals surface area contributed by atoms with Gasteiger partial charge in [-0.2, -0.15) is 0 Å². The third-order valence-corrected chi connectivity index (χ3v) is 3.89. The molecule has 0 aromatic heterocycles. The lowest BCUT2D eigenvalue weighted by Crippen LogP contribution is -2.25. The number of amides is 2. The standard InChI is InChI=1S/C15H21N3O4.ClH/c1-21-12-6-10(14(17)19)11(7-13(12)22-2)18-15(20)8-3-4-9(16)5-8;/h6-9H,3-5,16H2,1-2H3,(H2,17,19)(H,18,20);1H. The first kappa shape index (κ1) is 19.1. The van der Waals surface area contributed by atoms with Gasteiger partial charge in [0.15, 0.2) is 11.5 Å². The summed E-state index contributed by atoms with van der Waals surface area (Å²) in [5.74, 6) is -0.186. The minimum absolute atomic E-state index is 0. The Bertz CT molecular complexity index is 594. The van der Waals surface area contributed by atoms with Gasteiger partial charge >= 0.3 is 0 Å². The normalized spacial score (nSPS) is 19.6. The van der Waals surface area contributed by atoms with Crippen LogP contribution in [0.4, 0.5) is 5.69 Å². The number of carbonyl (C=O) groups is 2. The van der Waals surface area contributed by atoms with E-state index in [1.165, 1.54) is 26.4 Å². The number of anilines is 1. The zero-order valence-electron chi connectivity index (χ0n) is 13.1. The van der Waals surface area contributed by atoms with Crippen molar-refractivity contribution in [2.75, 3.05) is 19.5 Å². The molecule has 0 spiro atoms. The van der Waals surface area contributed by atoms with Crippen LogP contribution in [0.1, 0.15) is 29.6 Å². The lowest BCUT2D eigenvalue weighted by atomic mass is 10.1. The fraction of sp³-hybridized carbons (Fsp3) is 0.467. The highest BCUT2D eigenvalue weighted by molar-refractivity contribution is 6.04. The molecule has 1 saturated carbocycles. The quantitative estimate of drug-likeness (QED) is 0.744. The van der Waals surface area contributed by atoms with Crippen LogP contribution in [0.5, 0.6) is 11.5 Å². The van der Waals surface area contributed by atoms with Gasteiger partial charge in [-0.1, -0.05) is 0 Å². The predicted molar refractivity (Wildman–Crippen MR) is 89.3 cm³/mol. The van der Waals surface area contributed by atoms with Gasteiger partial charge in [-0.3, -0.25) is 9.59 Å². The Balaban J connectivity index is 0.00000264. The number of methoxy groups -OCH3 is 2. The number of nitrogens with one attached hydrogen (secondary N) is 1. The van der Waals surface area contributed by atoms with E-state index in [-0.39, 0.29) is 35.8 Å². The van der Waals surface area contributed by atoms with Gasteiger partial charge in [-0.05, 0) is 25.3 Å². The number of hydrogen-bond donors (Lipinski definition) is 3. The van der Waals surface area contributed by atoms with E-state index in [0.29, 0.717) is 23.6 Å². The Kier molecular flexibility index (Phi) is 6.65. The summed E-state index contributed by atoms with van der Waals surface area (Å²) >= 11 is 0. The maximum atomic E-state index is 12.3. The van der Waals surface area contributed by atoms with Gasteiger partial charge in [-0.25, -0.2) is 0 Å². The SMILES string of the molecule is COc1cc(NC(=O)C2CCC(N)C2)c(C(N)=O)cc1OC.Cl. The summed E-state index contributed by atoms with van der Waals surface area (Å²) in [7, 11) is 2.93. The average molecular weight is 344 g/mol. The lowest BCUT2D eigenvalue weighted by molar-refractivity contribution is -0.119. The number of carbonyl (C=O) groups excluding carboxylic acids is 2. The zero-order chi connectivity index (χ0) is 16.3. The first-order chi connectivity index (χ1) is 10.5. The van der Waals surface area contributed by atoms with Crippen molar-refractivity contribution in [1.82, 2.24) is 0 Å². The van der Waals surface area contributed by atoms with E-state index >= 15 is 0 Å². The summed E-state index contributed by atoms with van der Waals surface area (Å²) in [5, 5.41) is 2.75. The van der Waals surface area contributed by atoms with E-state index in [0.717, 1.165) is 12.8 Å². The van der Waals surface area contributed by atoms with Crippen molar-refractivity contribution < 1.29 is 19.1 Å². The first-order valence-electron chi connectivity index (χ1n) is 7.08. The zero-order valence-corrected chi connectivity index (χ0v) is 13.9. The number of hydrogen-bond acceptors (Lipinski definition) is 5. The molecule has 128 valence electrons. The van der Waals surface area contributed by atoms with E-state index in [9.17, 15) is 9.59 Å². The van der Waals surface area contributed by atoms with Crippen molar-refractivity contribution >= 4 is 29.9 Å². The Labute approximate surface area is 141 Å². The molecule has 1 aliphatic carbocycles. The van der Waals surface area contributed by atoms with Crippen LogP contribution in [-0.2, 0) is 4.79 Å². The van der Waals surface area contributed by atoms with Gasteiger partial charge < -0.3 is 26.3 Å². The highest BCUT2D eigenvalue weighted by Crippen LogP contribution is 2.34. The molecule has 0 heterocycles. The van der Waals surface area contributed by atoms with Crippen molar-refractivity contribution in [3.63, 3.8) is 0 Å². The lowest BCUT2D eigenvalue weighted by Gasteiger charge is -2.16. The summed E-state index contributed by atoms with van der Waals surface area (Å²) in [6.45, 7) is 0. The molecule has 0 saturated heterocycles. The van der Waals surface area contributed by atoms with E-state index < -0.39 is 5.91 Å². The van der Waals surface area contributed by atoms with Crippen LogP contribution >= 0.6 is 12.4 Å². The molecule has 23 heavy (non-hydrogen) atoms. The van der Waals surface area contributed by atoms with Crippen molar-refractivity contribution in [3.8, 4) is 11.5 Å². The van der Waals surface area contributed by atoms with Gasteiger partial charge in [0, 0.05) is 18.0 Å². The van der Waals surface area contributed by atoms with E-state index in [1.807, 2.05) is 0 Å². The van der Waals surface area contributed by atoms with Gasteiger partial charge in [0.1, 0.15) is 0 Å².